The summed E-state index contributed by atoms with van der Waals surface area (Å²) in [6.07, 6.45) is 0. The van der Waals surface area contributed by atoms with Crippen molar-refractivity contribution in [2.24, 2.45) is 0 Å². The van der Waals surface area contributed by atoms with Gasteiger partial charge >= 0.3 is 5.97 Å². The molecule has 114 valence electrons. The van der Waals surface area contributed by atoms with Crippen molar-refractivity contribution in [1.82, 2.24) is 4.90 Å². The number of carbonyl (C=O) groups excluding carboxylic acids is 1. The average molecular weight is 338 g/mol. The Morgan fingerprint density at radius 1 is 1.27 bits per heavy atom. The molecule has 1 aliphatic rings. The summed E-state index contributed by atoms with van der Waals surface area (Å²) in [5, 5.41) is 8.72. The van der Waals surface area contributed by atoms with Gasteiger partial charge < -0.3 is 10.0 Å². The van der Waals surface area contributed by atoms with Crippen LogP contribution in [0.5, 0.6) is 0 Å². The summed E-state index contributed by atoms with van der Waals surface area (Å²) in [6, 6.07) is 11.2. The molecule has 3 rings (SSSR count). The Bertz CT molecular complexity index is 745. The first-order valence-electron chi connectivity index (χ1n) is 7.00. The molecule has 0 bridgehead atoms. The number of hydrogen-bond donors (Lipinski definition) is 0. The van der Waals surface area contributed by atoms with Crippen LogP contribution in [-0.2, 0) is 6.54 Å². The molecule has 22 heavy (non-hydrogen) atoms. The highest BCUT2D eigenvalue weighted by Gasteiger charge is 2.28. The fraction of sp³-hybridized carbons (Fsp3) is 0.235. The van der Waals surface area contributed by atoms with Gasteiger partial charge in [-0.05, 0) is 48.0 Å². The van der Waals surface area contributed by atoms with Crippen molar-refractivity contribution in [3.63, 3.8) is 0 Å². The zero-order chi connectivity index (χ0) is 15.9. The van der Waals surface area contributed by atoms with Gasteiger partial charge in [0.2, 0.25) is 0 Å². The summed E-state index contributed by atoms with van der Waals surface area (Å²) < 4.78 is 0. The average Bonchev–Trinajstić information content (AvgIpc) is 2.47. The summed E-state index contributed by atoms with van der Waals surface area (Å²) in [7, 11) is 2.05. The van der Waals surface area contributed by atoms with Crippen molar-refractivity contribution in [3.8, 4) is 0 Å². The lowest BCUT2D eigenvalue weighted by Crippen LogP contribution is -2.31. The van der Waals surface area contributed by atoms with Crippen molar-refractivity contribution in [2.75, 3.05) is 13.6 Å². The van der Waals surface area contributed by atoms with E-state index in [1.165, 1.54) is 0 Å². The standard InChI is InChI=1S/C17H15Cl2NO2/c1-20-8-14(10-3-2-4-11(5-10)17(21)22)13-6-12(18)7-16(19)15(13)9-20/h2-7,14H,8-9H2,1H3,(H,21,22)/p+2. The smallest absolute Gasteiger partial charge is 0.520 e. The van der Waals surface area contributed by atoms with Gasteiger partial charge in [0.1, 0.15) is 0 Å². The third kappa shape index (κ3) is 2.84. The fourth-order valence-electron chi connectivity index (χ4n) is 3.03. The molecule has 1 atom stereocenters. The molecule has 3 N–H and O–H groups in total. The molecular weight excluding hydrogens is 321 g/mol. The van der Waals surface area contributed by atoms with Crippen LogP contribution in [0.3, 0.4) is 0 Å². The molecule has 1 aliphatic heterocycles. The maximum Gasteiger partial charge on any atom is 0.657 e. The first-order valence-corrected chi connectivity index (χ1v) is 7.75. The molecule has 2 aromatic carbocycles. The largest absolute Gasteiger partial charge is 0.657 e. The molecule has 0 spiro atoms. The first kappa shape index (κ1) is 15.3. The van der Waals surface area contributed by atoms with Crippen molar-refractivity contribution >= 4 is 29.2 Å². The lowest BCUT2D eigenvalue weighted by molar-refractivity contribution is 0.295. The van der Waals surface area contributed by atoms with Crippen molar-refractivity contribution in [1.29, 1.82) is 0 Å². The highest BCUT2D eigenvalue weighted by atomic mass is 35.5. The number of likely N-dealkylation sites (N-methyl/N-ethyl adjacent to an activating group) is 1. The van der Waals surface area contributed by atoms with Gasteiger partial charge in [-0.25, -0.2) is 0 Å². The number of benzene rings is 2. The van der Waals surface area contributed by atoms with E-state index < -0.39 is 5.97 Å². The molecule has 0 aliphatic carbocycles. The van der Waals surface area contributed by atoms with Gasteiger partial charge in [0, 0.05) is 29.1 Å². The molecule has 0 amide bonds. The molecular formula is C17H17Cl2NO2+2. The number of halogens is 2. The second kappa shape index (κ2) is 5.92. The Kier molecular flexibility index (Phi) is 4.13. The minimum atomic E-state index is -0.421. The topological polar surface area (TPSA) is 47.5 Å². The van der Waals surface area contributed by atoms with Crippen LogP contribution in [0, 0.1) is 0 Å². The van der Waals surface area contributed by atoms with Gasteiger partial charge in [0.15, 0.2) is 5.56 Å². The Morgan fingerprint density at radius 3 is 2.77 bits per heavy atom. The molecule has 0 saturated carbocycles. The van der Waals surface area contributed by atoms with E-state index in [2.05, 4.69) is 11.9 Å². The van der Waals surface area contributed by atoms with Crippen LogP contribution in [0.1, 0.15) is 28.2 Å². The van der Waals surface area contributed by atoms with Gasteiger partial charge in [-0.15, -0.1) is 0 Å². The number of nitrogens with zero attached hydrogens (tertiary/aromatic N) is 1. The SMILES string of the molecule is CN1Cc2c(Cl)cc(Cl)cc2C(c2cccc(C(=[OH+])[OH2+])c2)C1. The summed E-state index contributed by atoms with van der Waals surface area (Å²) in [5.74, 6) is -0.306. The predicted molar refractivity (Wildman–Crippen MR) is 90.7 cm³/mol. The minimum absolute atomic E-state index is 0.115. The van der Waals surface area contributed by atoms with Crippen LogP contribution in [-0.4, -0.2) is 34.4 Å². The van der Waals surface area contributed by atoms with Crippen LogP contribution < -0.4 is 0 Å². The maximum absolute atomic E-state index is 9.41. The Hall–Kier alpha value is -1.55. The summed E-state index contributed by atoms with van der Waals surface area (Å²) in [5.41, 5.74) is 3.77. The maximum atomic E-state index is 9.41. The molecule has 5 heteroatoms. The Labute approximate surface area is 139 Å². The van der Waals surface area contributed by atoms with Crippen LogP contribution >= 0.6 is 23.2 Å². The Balaban J connectivity index is 2.13. The number of rotatable bonds is 2. The van der Waals surface area contributed by atoms with E-state index in [0.717, 1.165) is 29.8 Å². The second-order valence-electron chi connectivity index (χ2n) is 5.68. The molecule has 0 aromatic heterocycles. The second-order valence-corrected chi connectivity index (χ2v) is 6.52. The molecule has 2 aromatic rings. The third-order valence-corrected chi connectivity index (χ3v) is 4.61. The predicted octanol–water partition coefficient (Wildman–Crippen LogP) is 3.15. The van der Waals surface area contributed by atoms with Gasteiger partial charge in [-0.1, -0.05) is 35.3 Å². The summed E-state index contributed by atoms with van der Waals surface area (Å²) in [6.45, 7) is 1.63. The van der Waals surface area contributed by atoms with Gasteiger partial charge in [-0.2, -0.15) is 4.79 Å². The van der Waals surface area contributed by atoms with Gasteiger partial charge in [0.25, 0.3) is 0 Å². The molecule has 1 unspecified atom stereocenters. The summed E-state index contributed by atoms with van der Waals surface area (Å²) >= 11 is 12.5. The van der Waals surface area contributed by atoms with E-state index in [1.807, 2.05) is 24.3 Å². The molecule has 1 heterocycles. The first-order chi connectivity index (χ1) is 10.5. The molecule has 0 fully saturated rings. The van der Waals surface area contributed by atoms with E-state index in [9.17, 15) is 4.79 Å². The van der Waals surface area contributed by atoms with E-state index in [0.29, 0.717) is 15.6 Å². The van der Waals surface area contributed by atoms with Crippen LogP contribution in [0.15, 0.2) is 36.4 Å². The van der Waals surface area contributed by atoms with E-state index in [-0.39, 0.29) is 5.92 Å². The highest BCUT2D eigenvalue weighted by Crippen LogP contribution is 2.38. The van der Waals surface area contributed by atoms with E-state index in [1.54, 1.807) is 12.1 Å². The van der Waals surface area contributed by atoms with Crippen LogP contribution in [0.25, 0.3) is 0 Å². The zero-order valence-electron chi connectivity index (χ0n) is 12.1. The van der Waals surface area contributed by atoms with Crippen LogP contribution in [0.2, 0.25) is 10.0 Å². The normalized spacial score (nSPS) is 18.0. The van der Waals surface area contributed by atoms with Crippen molar-refractivity contribution < 1.29 is 9.90 Å². The quantitative estimate of drug-likeness (QED) is 0.776. The highest BCUT2D eigenvalue weighted by molar-refractivity contribution is 6.35. The summed E-state index contributed by atoms with van der Waals surface area (Å²) in [4.78, 5) is 11.6. The van der Waals surface area contributed by atoms with Crippen LogP contribution in [0.4, 0.5) is 0 Å². The number of fused-ring (bicyclic) bond motifs is 1. The van der Waals surface area contributed by atoms with Crippen molar-refractivity contribution in [3.05, 3.63) is 68.7 Å². The van der Waals surface area contributed by atoms with Gasteiger partial charge in [-0.3, -0.25) is 0 Å². The van der Waals surface area contributed by atoms with E-state index in [4.69, 9.17) is 28.3 Å². The lowest BCUT2D eigenvalue weighted by Gasteiger charge is -2.33. The molecule has 3 nitrogen and oxygen atoms in total. The zero-order valence-corrected chi connectivity index (χ0v) is 13.6. The third-order valence-electron chi connectivity index (χ3n) is 4.05. The lowest BCUT2D eigenvalue weighted by atomic mass is 9.84. The number of hydrogen-bond acceptors (Lipinski definition) is 1. The van der Waals surface area contributed by atoms with Crippen molar-refractivity contribution in [2.45, 2.75) is 12.5 Å². The molecule has 0 saturated heterocycles. The molecule has 0 radical (unpaired) electrons. The minimum Gasteiger partial charge on any atom is -0.520 e. The Morgan fingerprint density at radius 2 is 2.05 bits per heavy atom. The fourth-order valence-corrected chi connectivity index (χ4v) is 3.60. The van der Waals surface area contributed by atoms with E-state index >= 15 is 0 Å². The van der Waals surface area contributed by atoms with Gasteiger partial charge in [0.05, 0.1) is 0 Å². The monoisotopic (exact) mass is 337 g/mol.